The van der Waals surface area contributed by atoms with Crippen LogP contribution in [0.2, 0.25) is 0 Å². The average molecular weight is 475 g/mol. The van der Waals surface area contributed by atoms with Crippen molar-refractivity contribution in [1.82, 2.24) is 0 Å². The van der Waals surface area contributed by atoms with Crippen LogP contribution in [0.15, 0.2) is 140 Å². The molecule has 3 aromatic carbocycles. The van der Waals surface area contributed by atoms with Gasteiger partial charge in [-0.3, -0.25) is 0 Å². The molecule has 176 valence electrons. The summed E-state index contributed by atoms with van der Waals surface area (Å²) in [6.07, 6.45) is 20.4. The third-order valence-corrected chi connectivity index (χ3v) is 12.0. The van der Waals surface area contributed by atoms with Crippen LogP contribution < -0.4 is 15.6 Å². The molecule has 0 aromatic heterocycles. The molecule has 0 heterocycles. The molecular formula is C33H34OSi. The lowest BCUT2D eigenvalue weighted by atomic mass is 9.63. The minimum absolute atomic E-state index is 0.108. The summed E-state index contributed by atoms with van der Waals surface area (Å²) < 4.78 is 7.31. The standard InChI is InChI=1S/C33H34OSi/c1-2-33(28-16-12-13-17-28,29-18-14-15-19-29)26-27-34-35(30-20-6-3-7-21-30,31-22-8-4-9-23-31)32-24-10-5-11-25-32/h3-25,28-29H,2,26-27H2,1H3. The van der Waals surface area contributed by atoms with Crippen LogP contribution in [-0.2, 0) is 4.43 Å². The van der Waals surface area contributed by atoms with Crippen molar-refractivity contribution in [3.8, 4) is 0 Å². The highest BCUT2D eigenvalue weighted by molar-refractivity contribution is 7.07. The molecule has 0 saturated carbocycles. The summed E-state index contributed by atoms with van der Waals surface area (Å²) in [5, 5.41) is 3.88. The topological polar surface area (TPSA) is 9.23 Å². The Labute approximate surface area is 211 Å². The van der Waals surface area contributed by atoms with Gasteiger partial charge in [-0.25, -0.2) is 0 Å². The Hall–Kier alpha value is -3.20. The van der Waals surface area contributed by atoms with E-state index < -0.39 is 8.32 Å². The lowest BCUT2D eigenvalue weighted by Crippen LogP contribution is -2.69. The maximum atomic E-state index is 7.31. The van der Waals surface area contributed by atoms with E-state index in [4.69, 9.17) is 4.43 Å². The van der Waals surface area contributed by atoms with Crippen LogP contribution >= 0.6 is 0 Å². The van der Waals surface area contributed by atoms with E-state index in [0.717, 1.165) is 19.4 Å². The van der Waals surface area contributed by atoms with Crippen LogP contribution in [0.4, 0.5) is 0 Å². The fourth-order valence-electron chi connectivity index (χ4n) is 6.00. The van der Waals surface area contributed by atoms with Crippen LogP contribution in [0, 0.1) is 17.3 Å². The molecule has 2 heteroatoms. The van der Waals surface area contributed by atoms with E-state index in [0.29, 0.717) is 11.8 Å². The molecule has 35 heavy (non-hydrogen) atoms. The van der Waals surface area contributed by atoms with Crippen molar-refractivity contribution >= 4 is 23.9 Å². The first-order valence-corrected chi connectivity index (χ1v) is 14.7. The summed E-state index contributed by atoms with van der Waals surface area (Å²) in [7, 11) is -2.69. The lowest BCUT2D eigenvalue weighted by molar-refractivity contribution is 0.125. The van der Waals surface area contributed by atoms with Crippen molar-refractivity contribution in [2.75, 3.05) is 6.61 Å². The fourth-order valence-corrected chi connectivity index (χ4v) is 9.89. The van der Waals surface area contributed by atoms with Crippen LogP contribution in [-0.4, -0.2) is 14.9 Å². The third kappa shape index (κ3) is 4.45. The van der Waals surface area contributed by atoms with Gasteiger partial charge < -0.3 is 4.43 Å². The molecular weight excluding hydrogens is 440 g/mol. The maximum absolute atomic E-state index is 7.31. The molecule has 3 aromatic rings. The molecule has 0 atom stereocenters. The molecule has 0 aliphatic heterocycles. The van der Waals surface area contributed by atoms with Crippen molar-refractivity contribution in [3.05, 3.63) is 140 Å². The van der Waals surface area contributed by atoms with Gasteiger partial charge in [0.25, 0.3) is 8.32 Å². The summed E-state index contributed by atoms with van der Waals surface area (Å²) in [6, 6.07) is 32.7. The van der Waals surface area contributed by atoms with Gasteiger partial charge in [-0.15, -0.1) is 0 Å². The molecule has 1 nitrogen and oxygen atoms in total. The molecule has 0 fully saturated rings. The highest BCUT2D eigenvalue weighted by Gasteiger charge is 2.44. The first-order valence-electron chi connectivity index (χ1n) is 12.8. The highest BCUT2D eigenvalue weighted by atomic mass is 28.4. The Bertz CT molecular complexity index is 1060. The average Bonchev–Trinajstić information content (AvgIpc) is 3.67. The second kappa shape index (κ2) is 10.6. The van der Waals surface area contributed by atoms with Gasteiger partial charge in [-0.2, -0.15) is 0 Å². The van der Waals surface area contributed by atoms with Gasteiger partial charge in [-0.05, 0) is 33.8 Å². The van der Waals surface area contributed by atoms with E-state index in [9.17, 15) is 0 Å². The third-order valence-electron chi connectivity index (χ3n) is 7.91. The summed E-state index contributed by atoms with van der Waals surface area (Å²) in [4.78, 5) is 0. The minimum atomic E-state index is -2.69. The Kier molecular flexibility index (Phi) is 7.13. The largest absolute Gasteiger partial charge is 0.404 e. The van der Waals surface area contributed by atoms with Crippen LogP contribution in [0.1, 0.15) is 19.8 Å². The van der Waals surface area contributed by atoms with Gasteiger partial charge in [-0.1, -0.05) is 147 Å². The quantitative estimate of drug-likeness (QED) is 0.261. The number of rotatable bonds is 10. The lowest BCUT2D eigenvalue weighted by Gasteiger charge is -2.42. The molecule has 0 bridgehead atoms. The van der Waals surface area contributed by atoms with Gasteiger partial charge in [0.15, 0.2) is 0 Å². The Morgan fingerprint density at radius 2 is 0.971 bits per heavy atom. The Morgan fingerprint density at radius 1 is 0.600 bits per heavy atom. The molecule has 0 spiro atoms. The highest BCUT2D eigenvalue weighted by Crippen LogP contribution is 2.48. The summed E-state index contributed by atoms with van der Waals surface area (Å²) in [5.41, 5.74) is 0.108. The normalized spacial score (nSPS) is 15.9. The molecule has 2 aliphatic carbocycles. The van der Waals surface area contributed by atoms with Crippen molar-refractivity contribution in [2.45, 2.75) is 19.8 Å². The second-order valence-corrected chi connectivity index (χ2v) is 12.9. The van der Waals surface area contributed by atoms with E-state index in [-0.39, 0.29) is 5.41 Å². The molecule has 2 aliphatic rings. The van der Waals surface area contributed by atoms with Crippen molar-refractivity contribution < 1.29 is 4.43 Å². The van der Waals surface area contributed by atoms with Crippen LogP contribution in [0.25, 0.3) is 0 Å². The van der Waals surface area contributed by atoms with Gasteiger partial charge in [0, 0.05) is 18.4 Å². The van der Waals surface area contributed by atoms with E-state index in [1.54, 1.807) is 0 Å². The first kappa shape index (κ1) is 23.5. The van der Waals surface area contributed by atoms with Crippen molar-refractivity contribution in [2.24, 2.45) is 17.3 Å². The number of benzene rings is 3. The van der Waals surface area contributed by atoms with Gasteiger partial charge in [0.2, 0.25) is 0 Å². The summed E-state index contributed by atoms with van der Waals surface area (Å²) in [5.74, 6) is 0.851. The first-order chi connectivity index (χ1) is 17.3. The molecule has 0 saturated heterocycles. The van der Waals surface area contributed by atoms with Gasteiger partial charge in [0.05, 0.1) is 0 Å². The SMILES string of the molecule is CCC(CCO[Si](c1ccccc1)(c1ccccc1)c1ccccc1)(C1C=CC=C1)C1C=CC=C1. The van der Waals surface area contributed by atoms with Gasteiger partial charge in [0.1, 0.15) is 0 Å². The zero-order valence-corrected chi connectivity index (χ0v) is 21.5. The van der Waals surface area contributed by atoms with Gasteiger partial charge >= 0.3 is 0 Å². The number of hydrogen-bond donors (Lipinski definition) is 0. The Morgan fingerprint density at radius 3 is 1.31 bits per heavy atom. The van der Waals surface area contributed by atoms with Crippen molar-refractivity contribution in [3.63, 3.8) is 0 Å². The predicted molar refractivity (Wildman–Crippen MR) is 151 cm³/mol. The molecule has 0 radical (unpaired) electrons. The van der Waals surface area contributed by atoms with Crippen LogP contribution in [0.5, 0.6) is 0 Å². The zero-order chi connectivity index (χ0) is 24.0. The fraction of sp³-hybridized carbons (Fsp3) is 0.212. The van der Waals surface area contributed by atoms with E-state index >= 15 is 0 Å². The van der Waals surface area contributed by atoms with Crippen molar-refractivity contribution in [1.29, 1.82) is 0 Å². The number of hydrogen-bond acceptors (Lipinski definition) is 1. The Balaban J connectivity index is 1.55. The second-order valence-electron chi connectivity index (χ2n) is 9.56. The monoisotopic (exact) mass is 474 g/mol. The molecule has 0 amide bonds. The van der Waals surface area contributed by atoms with E-state index in [1.807, 2.05) is 0 Å². The van der Waals surface area contributed by atoms with E-state index in [2.05, 4.69) is 147 Å². The summed E-state index contributed by atoms with van der Waals surface area (Å²) >= 11 is 0. The molecule has 0 unspecified atom stereocenters. The minimum Gasteiger partial charge on any atom is -0.404 e. The van der Waals surface area contributed by atoms with E-state index in [1.165, 1.54) is 15.6 Å². The summed E-state index contributed by atoms with van der Waals surface area (Å²) in [6.45, 7) is 3.06. The predicted octanol–water partition coefficient (Wildman–Crippen LogP) is 5.94. The number of allylic oxidation sites excluding steroid dienone is 8. The zero-order valence-electron chi connectivity index (χ0n) is 20.5. The maximum Gasteiger partial charge on any atom is 0.288 e. The smallest absolute Gasteiger partial charge is 0.288 e. The van der Waals surface area contributed by atoms with Crippen LogP contribution in [0.3, 0.4) is 0 Å². The molecule has 0 N–H and O–H groups in total. The molecule has 5 rings (SSSR count).